The molecule has 1 aromatic heterocycles. The van der Waals surface area contributed by atoms with Crippen LogP contribution in [0.5, 0.6) is 0 Å². The molecule has 1 rings (SSSR count). The van der Waals surface area contributed by atoms with Crippen molar-refractivity contribution in [1.29, 1.82) is 0 Å². The van der Waals surface area contributed by atoms with Gasteiger partial charge in [-0.05, 0) is 18.9 Å². The van der Waals surface area contributed by atoms with Gasteiger partial charge in [-0.25, -0.2) is 9.37 Å². The Hall–Kier alpha value is -1.16. The molecule has 0 aliphatic carbocycles. The minimum Gasteiger partial charge on any atom is -0.349 e. The monoisotopic (exact) mass is 272 g/mol. The Kier molecular flexibility index (Phi) is 5.54. The summed E-state index contributed by atoms with van der Waals surface area (Å²) >= 11 is 5.78. The molecule has 0 aliphatic rings. The lowest BCUT2D eigenvalue weighted by Gasteiger charge is -2.22. The quantitative estimate of drug-likeness (QED) is 0.835. The van der Waals surface area contributed by atoms with E-state index in [1.54, 1.807) is 0 Å². The molecule has 5 heteroatoms. The number of hydrogen-bond acceptors (Lipinski definition) is 2. The molecule has 0 fully saturated rings. The summed E-state index contributed by atoms with van der Waals surface area (Å²) in [7, 11) is 0. The van der Waals surface area contributed by atoms with Crippen LogP contribution in [0.2, 0.25) is 5.15 Å². The van der Waals surface area contributed by atoms with Gasteiger partial charge in [0.15, 0.2) is 0 Å². The van der Waals surface area contributed by atoms with E-state index in [2.05, 4.69) is 24.1 Å². The lowest BCUT2D eigenvalue weighted by Crippen LogP contribution is -2.38. The van der Waals surface area contributed by atoms with Crippen LogP contribution in [-0.2, 0) is 0 Å². The number of rotatable bonds is 5. The highest BCUT2D eigenvalue weighted by molar-refractivity contribution is 6.32. The summed E-state index contributed by atoms with van der Waals surface area (Å²) < 4.78 is 13.0. The fraction of sp³-hybridized carbons (Fsp3) is 0.538. The predicted octanol–water partition coefficient (Wildman–Crippen LogP) is 3.43. The molecule has 1 N–H and O–H groups in total. The van der Waals surface area contributed by atoms with Crippen molar-refractivity contribution in [3.05, 3.63) is 28.8 Å². The maximum atomic E-state index is 13.0. The molecule has 0 spiro atoms. The Morgan fingerprint density at radius 2 is 2.11 bits per heavy atom. The van der Waals surface area contributed by atoms with Gasteiger partial charge < -0.3 is 5.32 Å². The molecule has 1 atom stereocenters. The van der Waals surface area contributed by atoms with Crippen molar-refractivity contribution in [2.24, 2.45) is 5.92 Å². The van der Waals surface area contributed by atoms with Crippen molar-refractivity contribution in [3.63, 3.8) is 0 Å². The van der Waals surface area contributed by atoms with E-state index in [1.165, 1.54) is 0 Å². The summed E-state index contributed by atoms with van der Waals surface area (Å²) in [6, 6.07) is 1.12. The molecule has 100 valence electrons. The van der Waals surface area contributed by atoms with Gasteiger partial charge in [-0.2, -0.15) is 0 Å². The minimum atomic E-state index is -0.570. The summed E-state index contributed by atoms with van der Waals surface area (Å²) in [5.74, 6) is -0.555. The summed E-state index contributed by atoms with van der Waals surface area (Å²) in [6.07, 6.45) is 2.95. The van der Waals surface area contributed by atoms with Crippen LogP contribution in [0.1, 0.15) is 44.0 Å². The zero-order valence-electron chi connectivity index (χ0n) is 10.8. The van der Waals surface area contributed by atoms with E-state index in [0.717, 1.165) is 25.1 Å². The number of halogens is 2. The molecule has 0 radical (unpaired) electrons. The van der Waals surface area contributed by atoms with Crippen molar-refractivity contribution >= 4 is 17.5 Å². The smallest absolute Gasteiger partial charge is 0.254 e. The maximum absolute atomic E-state index is 13.0. The van der Waals surface area contributed by atoms with Gasteiger partial charge in [-0.15, -0.1) is 0 Å². The maximum Gasteiger partial charge on any atom is 0.254 e. The molecule has 0 saturated heterocycles. The van der Waals surface area contributed by atoms with Gasteiger partial charge in [0.1, 0.15) is 11.0 Å². The largest absolute Gasteiger partial charge is 0.349 e. The third kappa shape index (κ3) is 3.67. The average molecular weight is 273 g/mol. The van der Waals surface area contributed by atoms with Crippen LogP contribution in [0.15, 0.2) is 12.3 Å². The third-order valence-electron chi connectivity index (χ3n) is 3.16. The second-order valence-corrected chi connectivity index (χ2v) is 4.69. The summed E-state index contributed by atoms with van der Waals surface area (Å²) in [4.78, 5) is 15.6. The SMILES string of the molecule is CCC(CC)C(C)NC(=O)c1cc(F)cnc1Cl. The van der Waals surface area contributed by atoms with Crippen molar-refractivity contribution in [1.82, 2.24) is 10.3 Å². The van der Waals surface area contributed by atoms with Crippen LogP contribution in [0.25, 0.3) is 0 Å². The summed E-state index contributed by atoms with van der Waals surface area (Å²) in [5, 5.41) is 2.86. The summed E-state index contributed by atoms with van der Waals surface area (Å²) in [5.41, 5.74) is 0.0782. The highest BCUT2D eigenvalue weighted by Gasteiger charge is 2.19. The summed E-state index contributed by atoms with van der Waals surface area (Å²) in [6.45, 7) is 6.09. The Morgan fingerprint density at radius 3 is 2.67 bits per heavy atom. The zero-order valence-corrected chi connectivity index (χ0v) is 11.6. The lowest BCUT2D eigenvalue weighted by atomic mass is 9.95. The molecular formula is C13H18ClFN2O. The van der Waals surface area contributed by atoms with Gasteiger partial charge in [0.05, 0.1) is 11.8 Å². The van der Waals surface area contributed by atoms with E-state index in [-0.39, 0.29) is 22.7 Å². The average Bonchev–Trinajstić information content (AvgIpc) is 2.33. The normalized spacial score (nSPS) is 12.6. The second kappa shape index (κ2) is 6.69. The number of pyridine rings is 1. The molecule has 0 bridgehead atoms. The van der Waals surface area contributed by atoms with Gasteiger partial charge in [-0.3, -0.25) is 4.79 Å². The van der Waals surface area contributed by atoms with Gasteiger partial charge in [0.2, 0.25) is 0 Å². The first-order chi connectivity index (χ1) is 8.49. The van der Waals surface area contributed by atoms with E-state index in [1.807, 2.05) is 6.92 Å². The molecule has 1 unspecified atom stereocenters. The number of aromatic nitrogens is 1. The fourth-order valence-corrected chi connectivity index (χ4v) is 2.17. The van der Waals surface area contributed by atoms with Crippen molar-refractivity contribution in [2.75, 3.05) is 0 Å². The van der Waals surface area contributed by atoms with Crippen molar-refractivity contribution in [2.45, 2.75) is 39.7 Å². The topological polar surface area (TPSA) is 42.0 Å². The van der Waals surface area contributed by atoms with Gasteiger partial charge in [-0.1, -0.05) is 38.3 Å². The first-order valence-corrected chi connectivity index (χ1v) is 6.49. The lowest BCUT2D eigenvalue weighted by molar-refractivity contribution is 0.0924. The number of amides is 1. The molecule has 18 heavy (non-hydrogen) atoms. The Labute approximate surface area is 112 Å². The number of nitrogens with zero attached hydrogens (tertiary/aromatic N) is 1. The molecule has 0 aliphatic heterocycles. The zero-order chi connectivity index (χ0) is 13.7. The highest BCUT2D eigenvalue weighted by Crippen LogP contribution is 2.16. The van der Waals surface area contributed by atoms with Crippen LogP contribution in [0, 0.1) is 11.7 Å². The Bertz CT molecular complexity index is 421. The molecular weight excluding hydrogens is 255 g/mol. The fourth-order valence-electron chi connectivity index (χ4n) is 1.98. The van der Waals surface area contributed by atoms with Crippen LogP contribution in [0.3, 0.4) is 0 Å². The van der Waals surface area contributed by atoms with Crippen molar-refractivity contribution < 1.29 is 9.18 Å². The predicted molar refractivity (Wildman–Crippen MR) is 70.2 cm³/mol. The number of carbonyl (C=O) groups excluding carboxylic acids is 1. The van der Waals surface area contributed by atoms with Crippen molar-refractivity contribution in [3.8, 4) is 0 Å². The molecule has 0 aromatic carbocycles. The second-order valence-electron chi connectivity index (χ2n) is 4.33. The number of nitrogens with one attached hydrogen (secondary N) is 1. The van der Waals surface area contributed by atoms with Crippen LogP contribution < -0.4 is 5.32 Å². The van der Waals surface area contributed by atoms with Gasteiger partial charge >= 0.3 is 0 Å². The Morgan fingerprint density at radius 1 is 1.50 bits per heavy atom. The van der Waals surface area contributed by atoms with E-state index in [0.29, 0.717) is 5.92 Å². The van der Waals surface area contributed by atoms with E-state index < -0.39 is 5.82 Å². The molecule has 3 nitrogen and oxygen atoms in total. The molecule has 1 aromatic rings. The third-order valence-corrected chi connectivity index (χ3v) is 3.47. The van der Waals surface area contributed by atoms with Gasteiger partial charge in [0, 0.05) is 6.04 Å². The van der Waals surface area contributed by atoms with Crippen LogP contribution in [-0.4, -0.2) is 16.9 Å². The van der Waals surface area contributed by atoms with E-state index in [9.17, 15) is 9.18 Å². The van der Waals surface area contributed by atoms with E-state index in [4.69, 9.17) is 11.6 Å². The first-order valence-electron chi connectivity index (χ1n) is 6.11. The first kappa shape index (κ1) is 14.9. The van der Waals surface area contributed by atoms with Crippen LogP contribution >= 0.6 is 11.6 Å². The Balaban J connectivity index is 2.79. The highest BCUT2D eigenvalue weighted by atomic mass is 35.5. The van der Waals surface area contributed by atoms with Crippen LogP contribution in [0.4, 0.5) is 4.39 Å². The van der Waals surface area contributed by atoms with Gasteiger partial charge in [0.25, 0.3) is 5.91 Å². The molecule has 0 saturated carbocycles. The number of hydrogen-bond donors (Lipinski definition) is 1. The van der Waals surface area contributed by atoms with E-state index >= 15 is 0 Å². The minimum absolute atomic E-state index is 0.0191. The number of carbonyl (C=O) groups is 1. The molecule has 1 amide bonds. The standard InChI is InChI=1S/C13H18ClFN2O/c1-4-9(5-2)8(3)17-13(18)11-6-10(15)7-16-12(11)14/h6-9H,4-5H2,1-3H3,(H,17,18). The molecule has 1 heterocycles.